The van der Waals surface area contributed by atoms with Gasteiger partial charge in [0.2, 0.25) is 11.5 Å². The number of halogens is 3. The maximum atomic E-state index is 14.9. The highest BCUT2D eigenvalue weighted by Gasteiger charge is 2.57. The van der Waals surface area contributed by atoms with Crippen molar-refractivity contribution in [2.24, 2.45) is 0 Å². The molecule has 3 aromatic carbocycles. The SMILES string of the molecule is COCCN(C)C(=O)Cn1cc(C(O)(c2ccc3c(cnn3-c3ccc(C)cc3)c2)C(F)(F)F)c2ccccc21. The highest BCUT2D eigenvalue weighted by atomic mass is 19.4. The molecule has 1 unspecified atom stereocenters. The molecule has 2 aromatic heterocycles. The minimum absolute atomic E-state index is 0.197. The number of benzene rings is 3. The van der Waals surface area contributed by atoms with Crippen LogP contribution in [0.1, 0.15) is 16.7 Å². The van der Waals surface area contributed by atoms with Crippen molar-refractivity contribution in [3.8, 4) is 5.69 Å². The standard InChI is InChI=1S/C30H29F3N4O3/c1-20-8-11-23(12-9-20)37-26-13-10-22(16-21(26)17-34-37)29(39,30(31,32)33)25-18-36(27-7-5-4-6-24(25)27)19-28(38)35(2)14-15-40-3/h4-13,16-18,39H,14-15,19H2,1-3H3. The van der Waals surface area contributed by atoms with Crippen molar-refractivity contribution < 1.29 is 27.8 Å². The van der Waals surface area contributed by atoms with Gasteiger partial charge in [0.1, 0.15) is 6.54 Å². The van der Waals surface area contributed by atoms with Crippen LogP contribution in [0.3, 0.4) is 0 Å². The minimum atomic E-state index is -5.07. The summed E-state index contributed by atoms with van der Waals surface area (Å²) in [5.41, 5.74) is -1.20. The molecule has 0 saturated heterocycles. The Labute approximate surface area is 229 Å². The van der Waals surface area contributed by atoms with Crippen LogP contribution in [0, 0.1) is 6.92 Å². The zero-order chi connectivity index (χ0) is 28.7. The smallest absolute Gasteiger partial charge is 0.383 e. The van der Waals surface area contributed by atoms with E-state index in [1.807, 2.05) is 31.2 Å². The van der Waals surface area contributed by atoms with Crippen LogP contribution in [0.5, 0.6) is 0 Å². The Balaban J connectivity index is 1.61. The lowest BCUT2D eigenvalue weighted by Crippen LogP contribution is -2.43. The monoisotopic (exact) mass is 550 g/mol. The van der Waals surface area contributed by atoms with Gasteiger partial charge in [-0.05, 0) is 42.8 Å². The van der Waals surface area contributed by atoms with Crippen LogP contribution < -0.4 is 0 Å². The number of para-hydroxylation sites is 1. The van der Waals surface area contributed by atoms with E-state index in [0.29, 0.717) is 29.6 Å². The van der Waals surface area contributed by atoms with E-state index in [1.54, 1.807) is 29.9 Å². The van der Waals surface area contributed by atoms with Crippen LogP contribution in [0.2, 0.25) is 0 Å². The van der Waals surface area contributed by atoms with Crippen LogP contribution in [0.25, 0.3) is 27.5 Å². The van der Waals surface area contributed by atoms with E-state index in [9.17, 15) is 23.1 Å². The Morgan fingerprint density at radius 1 is 1.05 bits per heavy atom. The fourth-order valence-electron chi connectivity index (χ4n) is 4.91. The molecular formula is C30H29F3N4O3. The lowest BCUT2D eigenvalue weighted by Gasteiger charge is -2.31. The molecule has 0 fully saturated rings. The summed E-state index contributed by atoms with van der Waals surface area (Å²) in [6.45, 7) is 2.43. The molecule has 0 aliphatic carbocycles. The molecule has 0 bridgehead atoms. The molecule has 1 amide bonds. The predicted molar refractivity (Wildman–Crippen MR) is 146 cm³/mol. The van der Waals surface area contributed by atoms with E-state index in [4.69, 9.17) is 4.74 Å². The van der Waals surface area contributed by atoms with Gasteiger partial charge in [-0.1, -0.05) is 42.0 Å². The number of methoxy groups -OCH3 is 1. The van der Waals surface area contributed by atoms with Gasteiger partial charge in [-0.2, -0.15) is 18.3 Å². The number of nitrogens with zero attached hydrogens (tertiary/aromatic N) is 4. The van der Waals surface area contributed by atoms with Crippen LogP contribution in [-0.2, 0) is 21.7 Å². The number of carbonyl (C=O) groups excluding carboxylic acids is 1. The van der Waals surface area contributed by atoms with Gasteiger partial charge in [0.05, 0.1) is 24.0 Å². The van der Waals surface area contributed by atoms with Gasteiger partial charge < -0.3 is 19.3 Å². The topological polar surface area (TPSA) is 72.5 Å². The number of rotatable bonds is 8. The van der Waals surface area contributed by atoms with Crippen molar-refractivity contribution in [1.29, 1.82) is 0 Å². The summed E-state index contributed by atoms with van der Waals surface area (Å²) in [5.74, 6) is -0.301. The summed E-state index contributed by atoms with van der Waals surface area (Å²) < 4.78 is 52.7. The molecule has 0 saturated carbocycles. The van der Waals surface area contributed by atoms with E-state index in [0.717, 1.165) is 11.3 Å². The average molecular weight is 551 g/mol. The third kappa shape index (κ3) is 4.73. The third-order valence-corrected chi connectivity index (χ3v) is 7.22. The Morgan fingerprint density at radius 3 is 2.48 bits per heavy atom. The first kappa shape index (κ1) is 27.4. The maximum absolute atomic E-state index is 14.9. The molecule has 5 rings (SSSR count). The second kappa shape index (κ2) is 10.4. The molecule has 10 heteroatoms. The predicted octanol–water partition coefficient (Wildman–Crippen LogP) is 5.19. The number of hydrogen-bond donors (Lipinski definition) is 1. The van der Waals surface area contributed by atoms with Gasteiger partial charge >= 0.3 is 6.18 Å². The highest BCUT2D eigenvalue weighted by molar-refractivity contribution is 5.88. The summed E-state index contributed by atoms with van der Waals surface area (Å²) in [6, 6.07) is 18.2. The molecule has 2 heterocycles. The molecular weight excluding hydrogens is 521 g/mol. The normalized spacial score (nSPS) is 13.6. The average Bonchev–Trinajstić information content (AvgIpc) is 3.52. The van der Waals surface area contributed by atoms with E-state index in [1.165, 1.54) is 53.2 Å². The molecule has 7 nitrogen and oxygen atoms in total. The summed E-state index contributed by atoms with van der Waals surface area (Å²) in [7, 11) is 3.12. The number of alkyl halides is 3. The molecule has 0 aliphatic heterocycles. The van der Waals surface area contributed by atoms with Crippen molar-refractivity contribution in [3.63, 3.8) is 0 Å². The molecule has 5 aromatic rings. The Morgan fingerprint density at radius 2 is 1.77 bits per heavy atom. The first-order valence-electron chi connectivity index (χ1n) is 12.7. The number of fused-ring (bicyclic) bond motifs is 2. The Bertz CT molecular complexity index is 1670. The van der Waals surface area contributed by atoms with E-state index >= 15 is 0 Å². The molecule has 1 N–H and O–H groups in total. The summed E-state index contributed by atoms with van der Waals surface area (Å²) in [6.07, 6.45) is -2.37. The number of ether oxygens (including phenoxy) is 1. The molecule has 0 radical (unpaired) electrons. The molecule has 0 spiro atoms. The van der Waals surface area contributed by atoms with Crippen LogP contribution in [0.15, 0.2) is 79.1 Å². The van der Waals surface area contributed by atoms with Gasteiger partial charge in [0.25, 0.3) is 0 Å². The fraction of sp³-hybridized carbons (Fsp3) is 0.267. The second-order valence-corrected chi connectivity index (χ2v) is 9.87. The van der Waals surface area contributed by atoms with E-state index in [2.05, 4.69) is 5.10 Å². The molecule has 0 aliphatic rings. The number of aromatic nitrogens is 3. The van der Waals surface area contributed by atoms with Gasteiger partial charge in [-0.3, -0.25) is 4.79 Å². The Hall–Kier alpha value is -4.15. The zero-order valence-electron chi connectivity index (χ0n) is 22.3. The third-order valence-electron chi connectivity index (χ3n) is 7.22. The van der Waals surface area contributed by atoms with Gasteiger partial charge in [-0.25, -0.2) is 4.68 Å². The summed E-state index contributed by atoms with van der Waals surface area (Å²) in [5, 5.41) is 16.6. The minimum Gasteiger partial charge on any atom is -0.383 e. The number of aryl methyl sites for hydroxylation is 1. The first-order valence-corrected chi connectivity index (χ1v) is 12.7. The van der Waals surface area contributed by atoms with Gasteiger partial charge in [0, 0.05) is 48.8 Å². The van der Waals surface area contributed by atoms with Crippen molar-refractivity contribution in [3.05, 3.63) is 95.8 Å². The van der Waals surface area contributed by atoms with Gasteiger partial charge in [-0.15, -0.1) is 0 Å². The van der Waals surface area contributed by atoms with Crippen molar-refractivity contribution in [2.75, 3.05) is 27.3 Å². The molecule has 40 heavy (non-hydrogen) atoms. The zero-order valence-corrected chi connectivity index (χ0v) is 22.3. The lowest BCUT2D eigenvalue weighted by atomic mass is 9.85. The summed E-state index contributed by atoms with van der Waals surface area (Å²) >= 11 is 0. The number of likely N-dealkylation sites (N-methyl/N-ethyl adjacent to an activating group) is 1. The van der Waals surface area contributed by atoms with Crippen LogP contribution in [-0.4, -0.2) is 63.7 Å². The first-order chi connectivity index (χ1) is 19.0. The van der Waals surface area contributed by atoms with Crippen molar-refractivity contribution >= 4 is 27.7 Å². The van der Waals surface area contributed by atoms with Crippen molar-refractivity contribution in [1.82, 2.24) is 19.2 Å². The number of amides is 1. The van der Waals surface area contributed by atoms with E-state index < -0.39 is 11.8 Å². The number of carbonyl (C=O) groups is 1. The Kier molecular flexibility index (Phi) is 7.16. The second-order valence-electron chi connectivity index (χ2n) is 9.87. The van der Waals surface area contributed by atoms with E-state index in [-0.39, 0.29) is 29.0 Å². The maximum Gasteiger partial charge on any atom is 0.425 e. The van der Waals surface area contributed by atoms with Gasteiger partial charge in [0.15, 0.2) is 0 Å². The number of hydrogen-bond acceptors (Lipinski definition) is 4. The summed E-state index contributed by atoms with van der Waals surface area (Å²) in [4.78, 5) is 14.3. The molecule has 1 atom stereocenters. The van der Waals surface area contributed by atoms with Crippen molar-refractivity contribution in [2.45, 2.75) is 25.2 Å². The van der Waals surface area contributed by atoms with Crippen LogP contribution in [0.4, 0.5) is 13.2 Å². The fourth-order valence-corrected chi connectivity index (χ4v) is 4.91. The quantitative estimate of drug-likeness (QED) is 0.289. The molecule has 208 valence electrons. The lowest BCUT2D eigenvalue weighted by molar-refractivity contribution is -0.247. The highest BCUT2D eigenvalue weighted by Crippen LogP contribution is 2.47. The number of aliphatic hydroxyl groups is 1. The van der Waals surface area contributed by atoms with Crippen LogP contribution >= 0.6 is 0 Å². The largest absolute Gasteiger partial charge is 0.425 e.